The second-order valence-corrected chi connectivity index (χ2v) is 4.22. The van der Waals surface area contributed by atoms with Gasteiger partial charge in [0, 0.05) is 13.7 Å². The first-order valence-corrected chi connectivity index (χ1v) is 6.19. The maximum atomic E-state index is 5.89. The molecule has 1 N–H and O–H groups in total. The van der Waals surface area contributed by atoms with Crippen LogP contribution in [0.25, 0.3) is 0 Å². The molecule has 17 heavy (non-hydrogen) atoms. The van der Waals surface area contributed by atoms with Gasteiger partial charge in [-0.15, -0.1) is 0 Å². The summed E-state index contributed by atoms with van der Waals surface area (Å²) in [4.78, 5) is 0. The molecule has 0 aliphatic carbocycles. The van der Waals surface area contributed by atoms with E-state index in [2.05, 4.69) is 25.2 Å². The topological polar surface area (TPSA) is 30.5 Å². The maximum absolute atomic E-state index is 5.89. The summed E-state index contributed by atoms with van der Waals surface area (Å²) < 4.78 is 11.1. The molecule has 0 amide bonds. The van der Waals surface area contributed by atoms with Crippen molar-refractivity contribution >= 4 is 0 Å². The van der Waals surface area contributed by atoms with Crippen LogP contribution in [-0.4, -0.2) is 32.9 Å². The Hall–Kier alpha value is -1.06. The number of methoxy groups -OCH3 is 1. The highest BCUT2D eigenvalue weighted by Gasteiger charge is 2.09. The fourth-order valence-corrected chi connectivity index (χ4v) is 1.64. The van der Waals surface area contributed by atoms with E-state index in [9.17, 15) is 0 Å². The van der Waals surface area contributed by atoms with Crippen molar-refractivity contribution in [2.75, 3.05) is 26.8 Å². The molecular weight excluding hydrogens is 214 g/mol. The fraction of sp³-hybridized carbons (Fsp3) is 0.571. The summed E-state index contributed by atoms with van der Waals surface area (Å²) in [7, 11) is 1.70. The smallest absolute Gasteiger partial charge is 0.134 e. The van der Waals surface area contributed by atoms with Gasteiger partial charge >= 0.3 is 0 Å². The minimum Gasteiger partial charge on any atom is -0.487 e. The molecule has 1 unspecified atom stereocenters. The Balaban J connectivity index is 2.47. The number of hydrogen-bond donors (Lipinski definition) is 1. The lowest BCUT2D eigenvalue weighted by Crippen LogP contribution is -2.35. The van der Waals surface area contributed by atoms with Crippen LogP contribution in [-0.2, 0) is 4.74 Å². The summed E-state index contributed by atoms with van der Waals surface area (Å²) in [6.45, 7) is 6.64. The molecule has 0 aliphatic rings. The summed E-state index contributed by atoms with van der Waals surface area (Å²) >= 11 is 0. The predicted octanol–water partition coefficient (Wildman–Crippen LogP) is 2.39. The lowest BCUT2D eigenvalue weighted by atomic mass is 10.2. The summed E-state index contributed by atoms with van der Waals surface area (Å²) in [5, 5.41) is 3.35. The minimum atomic E-state index is 0.0633. The van der Waals surface area contributed by atoms with E-state index >= 15 is 0 Å². The van der Waals surface area contributed by atoms with E-state index in [-0.39, 0.29) is 6.10 Å². The van der Waals surface area contributed by atoms with Gasteiger partial charge in [0.2, 0.25) is 0 Å². The van der Waals surface area contributed by atoms with Crippen molar-refractivity contribution in [1.29, 1.82) is 0 Å². The maximum Gasteiger partial charge on any atom is 0.134 e. The number of aryl methyl sites for hydroxylation is 1. The standard InChI is InChI=1S/C14H23NO2/c1-4-8-15-10-14(11-16-3)17-13-7-5-6-12(2)9-13/h5-7,9,14-15H,4,8,10-11H2,1-3H3. The van der Waals surface area contributed by atoms with Gasteiger partial charge in [0.15, 0.2) is 0 Å². The molecule has 0 heterocycles. The van der Waals surface area contributed by atoms with Crippen molar-refractivity contribution in [2.24, 2.45) is 0 Å². The van der Waals surface area contributed by atoms with Crippen LogP contribution in [0.1, 0.15) is 18.9 Å². The van der Waals surface area contributed by atoms with E-state index in [1.807, 2.05) is 18.2 Å². The summed E-state index contributed by atoms with van der Waals surface area (Å²) in [5.74, 6) is 0.908. The highest BCUT2D eigenvalue weighted by Crippen LogP contribution is 2.14. The first-order chi connectivity index (χ1) is 8.26. The third kappa shape index (κ3) is 5.71. The third-order valence-electron chi connectivity index (χ3n) is 2.44. The van der Waals surface area contributed by atoms with Crippen molar-refractivity contribution in [3.63, 3.8) is 0 Å². The van der Waals surface area contributed by atoms with E-state index < -0.39 is 0 Å². The molecule has 1 rings (SSSR count). The zero-order valence-corrected chi connectivity index (χ0v) is 11.0. The quantitative estimate of drug-likeness (QED) is 0.704. The summed E-state index contributed by atoms with van der Waals surface area (Å²) in [5.41, 5.74) is 1.21. The largest absolute Gasteiger partial charge is 0.487 e. The highest BCUT2D eigenvalue weighted by atomic mass is 16.5. The number of benzene rings is 1. The second kappa shape index (κ2) is 8.09. The average molecular weight is 237 g/mol. The van der Waals surface area contributed by atoms with E-state index in [1.165, 1.54) is 5.56 Å². The molecule has 0 saturated carbocycles. The molecule has 1 aromatic carbocycles. The lowest BCUT2D eigenvalue weighted by molar-refractivity contribution is 0.0807. The predicted molar refractivity (Wildman–Crippen MR) is 70.6 cm³/mol. The fourth-order valence-electron chi connectivity index (χ4n) is 1.64. The lowest BCUT2D eigenvalue weighted by Gasteiger charge is -2.19. The normalized spacial score (nSPS) is 12.4. The zero-order valence-electron chi connectivity index (χ0n) is 11.0. The zero-order chi connectivity index (χ0) is 12.5. The molecule has 0 aromatic heterocycles. The Bertz CT molecular complexity index is 315. The Morgan fingerprint density at radius 3 is 2.82 bits per heavy atom. The molecule has 1 atom stereocenters. The number of nitrogens with one attached hydrogen (secondary N) is 1. The van der Waals surface area contributed by atoms with E-state index in [1.54, 1.807) is 7.11 Å². The van der Waals surface area contributed by atoms with E-state index in [4.69, 9.17) is 9.47 Å². The number of hydrogen-bond acceptors (Lipinski definition) is 3. The van der Waals surface area contributed by atoms with Gasteiger partial charge in [0.1, 0.15) is 11.9 Å². The third-order valence-corrected chi connectivity index (χ3v) is 2.44. The Morgan fingerprint density at radius 2 is 2.18 bits per heavy atom. The van der Waals surface area contributed by atoms with Gasteiger partial charge in [0.25, 0.3) is 0 Å². The van der Waals surface area contributed by atoms with Crippen molar-refractivity contribution in [3.8, 4) is 5.75 Å². The average Bonchev–Trinajstić information content (AvgIpc) is 2.29. The van der Waals surface area contributed by atoms with Crippen molar-refractivity contribution in [1.82, 2.24) is 5.32 Å². The van der Waals surface area contributed by atoms with Crippen LogP contribution >= 0.6 is 0 Å². The summed E-state index contributed by atoms with van der Waals surface area (Å²) in [6, 6.07) is 8.10. The van der Waals surface area contributed by atoms with Crippen LogP contribution in [0, 0.1) is 6.92 Å². The Morgan fingerprint density at radius 1 is 1.35 bits per heavy atom. The van der Waals surface area contributed by atoms with Crippen LogP contribution in [0.5, 0.6) is 5.75 Å². The van der Waals surface area contributed by atoms with Crippen LogP contribution in [0.3, 0.4) is 0 Å². The first kappa shape index (κ1) is 14.0. The van der Waals surface area contributed by atoms with E-state index in [0.29, 0.717) is 6.61 Å². The molecule has 0 radical (unpaired) electrons. The molecule has 96 valence electrons. The number of rotatable bonds is 8. The van der Waals surface area contributed by atoms with Crippen LogP contribution in [0.2, 0.25) is 0 Å². The molecule has 0 bridgehead atoms. The molecule has 3 heteroatoms. The molecule has 0 saturated heterocycles. The van der Waals surface area contributed by atoms with Gasteiger partial charge in [-0.25, -0.2) is 0 Å². The minimum absolute atomic E-state index is 0.0633. The molecule has 3 nitrogen and oxygen atoms in total. The molecule has 0 spiro atoms. The van der Waals surface area contributed by atoms with Gasteiger partial charge in [-0.2, -0.15) is 0 Å². The van der Waals surface area contributed by atoms with E-state index in [0.717, 1.165) is 25.3 Å². The second-order valence-electron chi connectivity index (χ2n) is 4.22. The Kier molecular flexibility index (Phi) is 6.67. The number of ether oxygens (including phenoxy) is 2. The molecule has 0 aliphatic heterocycles. The van der Waals surface area contributed by atoms with Crippen LogP contribution in [0.4, 0.5) is 0 Å². The molecule has 1 aromatic rings. The van der Waals surface area contributed by atoms with Crippen molar-refractivity contribution in [3.05, 3.63) is 29.8 Å². The Labute approximate surface area is 104 Å². The van der Waals surface area contributed by atoms with Gasteiger partial charge in [-0.1, -0.05) is 19.1 Å². The monoisotopic (exact) mass is 237 g/mol. The molecule has 0 fully saturated rings. The SMILES string of the molecule is CCCNCC(COC)Oc1cccc(C)c1. The first-order valence-electron chi connectivity index (χ1n) is 6.19. The van der Waals surface area contributed by atoms with Gasteiger partial charge in [-0.3, -0.25) is 0 Å². The van der Waals surface area contributed by atoms with Gasteiger partial charge in [0.05, 0.1) is 6.61 Å². The van der Waals surface area contributed by atoms with Crippen molar-refractivity contribution < 1.29 is 9.47 Å². The molecular formula is C14H23NO2. The van der Waals surface area contributed by atoms with Gasteiger partial charge < -0.3 is 14.8 Å². The van der Waals surface area contributed by atoms with Crippen molar-refractivity contribution in [2.45, 2.75) is 26.4 Å². The van der Waals surface area contributed by atoms with Crippen LogP contribution in [0.15, 0.2) is 24.3 Å². The highest BCUT2D eigenvalue weighted by molar-refractivity contribution is 5.27. The van der Waals surface area contributed by atoms with Crippen LogP contribution < -0.4 is 10.1 Å². The summed E-state index contributed by atoms with van der Waals surface area (Å²) in [6.07, 6.45) is 1.19. The van der Waals surface area contributed by atoms with Gasteiger partial charge in [-0.05, 0) is 37.6 Å².